The summed E-state index contributed by atoms with van der Waals surface area (Å²) in [5.41, 5.74) is 5.56. The number of hydrogen-bond acceptors (Lipinski definition) is 1. The van der Waals surface area contributed by atoms with Crippen LogP contribution in [0.3, 0.4) is 0 Å². The van der Waals surface area contributed by atoms with Crippen LogP contribution in [0.25, 0.3) is 0 Å². The molecule has 0 saturated heterocycles. The summed E-state index contributed by atoms with van der Waals surface area (Å²) < 4.78 is 6.30. The maximum absolute atomic E-state index is 6.30. The molecule has 3 heteroatoms. The van der Waals surface area contributed by atoms with Crippen LogP contribution < -0.4 is 0 Å². The Morgan fingerprint density at radius 3 is 1.53 bits per heavy atom. The first-order chi connectivity index (χ1) is 7.10. The fourth-order valence-corrected chi connectivity index (χ4v) is 7.83. The SMILES string of the molecule is C=C[SiH](O[SiH](C=C)C(C)CC)C(C)CC. The molecule has 0 aliphatic heterocycles. The summed E-state index contributed by atoms with van der Waals surface area (Å²) in [4.78, 5) is 0. The molecule has 4 atom stereocenters. The van der Waals surface area contributed by atoms with Crippen LogP contribution in [-0.4, -0.2) is 18.1 Å². The first-order valence-electron chi connectivity index (χ1n) is 6.01. The molecule has 0 spiro atoms. The summed E-state index contributed by atoms with van der Waals surface area (Å²) in [6, 6.07) is 0. The van der Waals surface area contributed by atoms with Crippen molar-refractivity contribution in [2.45, 2.75) is 51.6 Å². The second-order valence-corrected chi connectivity index (χ2v) is 10.5. The lowest BCUT2D eigenvalue weighted by molar-refractivity contribution is 0.555. The van der Waals surface area contributed by atoms with Crippen molar-refractivity contribution in [2.24, 2.45) is 0 Å². The van der Waals surface area contributed by atoms with Crippen LogP contribution in [0.15, 0.2) is 24.6 Å². The lowest BCUT2D eigenvalue weighted by Gasteiger charge is -2.26. The quantitative estimate of drug-likeness (QED) is 0.592. The van der Waals surface area contributed by atoms with E-state index in [4.69, 9.17) is 4.12 Å². The molecule has 15 heavy (non-hydrogen) atoms. The first-order valence-corrected chi connectivity index (χ1v) is 9.62. The van der Waals surface area contributed by atoms with Gasteiger partial charge in [0.25, 0.3) is 0 Å². The van der Waals surface area contributed by atoms with Crippen LogP contribution in [0.4, 0.5) is 0 Å². The monoisotopic (exact) mass is 242 g/mol. The third-order valence-corrected chi connectivity index (χ3v) is 9.82. The number of hydrogen-bond donors (Lipinski definition) is 0. The van der Waals surface area contributed by atoms with Crippen LogP contribution in [-0.2, 0) is 4.12 Å². The molecule has 0 bridgehead atoms. The van der Waals surface area contributed by atoms with Gasteiger partial charge in [-0.15, -0.1) is 13.2 Å². The van der Waals surface area contributed by atoms with Gasteiger partial charge in [0, 0.05) is 0 Å². The van der Waals surface area contributed by atoms with Gasteiger partial charge in [0.15, 0.2) is 18.1 Å². The molecule has 0 aromatic rings. The predicted octanol–water partition coefficient (Wildman–Crippen LogP) is 3.50. The summed E-state index contributed by atoms with van der Waals surface area (Å²) in [6.45, 7) is 16.9. The average molecular weight is 243 g/mol. The molecular weight excluding hydrogens is 216 g/mol. The molecule has 0 N–H and O–H groups in total. The molecule has 0 amide bonds. The van der Waals surface area contributed by atoms with E-state index >= 15 is 0 Å². The van der Waals surface area contributed by atoms with Crippen molar-refractivity contribution in [3.63, 3.8) is 0 Å². The highest BCUT2D eigenvalue weighted by Gasteiger charge is 2.22. The third kappa shape index (κ3) is 4.95. The van der Waals surface area contributed by atoms with Crippen LogP contribution in [0.2, 0.25) is 11.1 Å². The molecule has 0 aromatic heterocycles. The zero-order valence-corrected chi connectivity index (χ0v) is 13.0. The van der Waals surface area contributed by atoms with Crippen molar-refractivity contribution in [2.75, 3.05) is 0 Å². The summed E-state index contributed by atoms with van der Waals surface area (Å²) in [7, 11) is -2.40. The Bertz CT molecular complexity index is 174. The third-order valence-electron chi connectivity index (χ3n) is 3.19. The highest BCUT2D eigenvalue weighted by Crippen LogP contribution is 2.21. The van der Waals surface area contributed by atoms with Crippen LogP contribution in [0.1, 0.15) is 40.5 Å². The fraction of sp³-hybridized carbons (Fsp3) is 0.667. The summed E-state index contributed by atoms with van der Waals surface area (Å²) in [5, 5.41) is 0. The van der Waals surface area contributed by atoms with E-state index in [1.54, 1.807) is 0 Å². The summed E-state index contributed by atoms with van der Waals surface area (Å²) in [6.07, 6.45) is 2.39. The minimum atomic E-state index is -1.20. The second-order valence-electron chi connectivity index (χ2n) is 4.31. The molecule has 0 aliphatic rings. The molecule has 0 rings (SSSR count). The van der Waals surface area contributed by atoms with Gasteiger partial charge >= 0.3 is 0 Å². The molecule has 88 valence electrons. The van der Waals surface area contributed by atoms with E-state index in [2.05, 4.69) is 52.3 Å². The van der Waals surface area contributed by atoms with E-state index in [0.717, 1.165) is 0 Å². The minimum Gasteiger partial charge on any atom is -0.453 e. The van der Waals surface area contributed by atoms with Gasteiger partial charge < -0.3 is 4.12 Å². The Balaban J connectivity index is 4.36. The van der Waals surface area contributed by atoms with E-state index in [0.29, 0.717) is 11.1 Å². The van der Waals surface area contributed by atoms with E-state index in [1.165, 1.54) is 12.8 Å². The van der Waals surface area contributed by atoms with Gasteiger partial charge in [0.1, 0.15) is 0 Å². The van der Waals surface area contributed by atoms with Gasteiger partial charge in [-0.2, -0.15) is 0 Å². The Hall–Kier alpha value is -0.126. The lowest BCUT2D eigenvalue weighted by atomic mass is 10.4. The van der Waals surface area contributed by atoms with Gasteiger partial charge in [-0.25, -0.2) is 0 Å². The van der Waals surface area contributed by atoms with Gasteiger partial charge in [-0.3, -0.25) is 0 Å². The highest BCUT2D eigenvalue weighted by atomic mass is 28.4. The van der Waals surface area contributed by atoms with Gasteiger partial charge in [-0.05, 0) is 11.1 Å². The first kappa shape index (κ1) is 14.9. The van der Waals surface area contributed by atoms with Crippen molar-refractivity contribution in [1.82, 2.24) is 0 Å². The zero-order valence-electron chi connectivity index (χ0n) is 10.7. The lowest BCUT2D eigenvalue weighted by Crippen LogP contribution is -2.32. The molecular formula is C12H26OSi2. The van der Waals surface area contributed by atoms with Gasteiger partial charge in [-0.1, -0.05) is 51.9 Å². The van der Waals surface area contributed by atoms with E-state index in [1.807, 2.05) is 0 Å². The Labute approximate surface area is 98.7 Å². The molecule has 1 nitrogen and oxygen atoms in total. The van der Waals surface area contributed by atoms with Crippen molar-refractivity contribution in [3.05, 3.63) is 24.6 Å². The molecule has 0 aromatic carbocycles. The Morgan fingerprint density at radius 2 is 1.33 bits per heavy atom. The van der Waals surface area contributed by atoms with Crippen molar-refractivity contribution < 1.29 is 4.12 Å². The van der Waals surface area contributed by atoms with Crippen LogP contribution in [0.5, 0.6) is 0 Å². The van der Waals surface area contributed by atoms with E-state index < -0.39 is 18.1 Å². The largest absolute Gasteiger partial charge is 0.453 e. The average Bonchev–Trinajstić information content (AvgIpc) is 2.28. The normalized spacial score (nSPS) is 18.9. The minimum absolute atomic E-state index is 0.696. The maximum atomic E-state index is 6.30. The molecule has 0 saturated carbocycles. The van der Waals surface area contributed by atoms with Crippen molar-refractivity contribution in [3.8, 4) is 0 Å². The number of rotatable bonds is 8. The Morgan fingerprint density at radius 1 is 1.00 bits per heavy atom. The van der Waals surface area contributed by atoms with Gasteiger partial charge in [0.05, 0.1) is 0 Å². The van der Waals surface area contributed by atoms with E-state index in [9.17, 15) is 0 Å². The smallest absolute Gasteiger partial charge is 0.190 e. The molecule has 4 unspecified atom stereocenters. The Kier molecular flexibility index (Phi) is 8.01. The molecule has 0 aliphatic carbocycles. The summed E-state index contributed by atoms with van der Waals surface area (Å²) in [5.74, 6) is 0. The van der Waals surface area contributed by atoms with Gasteiger partial charge in [0.2, 0.25) is 0 Å². The summed E-state index contributed by atoms with van der Waals surface area (Å²) >= 11 is 0. The second kappa shape index (κ2) is 8.08. The maximum Gasteiger partial charge on any atom is 0.190 e. The predicted molar refractivity (Wildman–Crippen MR) is 75.2 cm³/mol. The van der Waals surface area contributed by atoms with Crippen LogP contribution >= 0.6 is 0 Å². The highest BCUT2D eigenvalue weighted by molar-refractivity contribution is 6.72. The topological polar surface area (TPSA) is 9.23 Å². The van der Waals surface area contributed by atoms with Crippen molar-refractivity contribution >= 4 is 18.1 Å². The molecule has 0 heterocycles. The zero-order chi connectivity index (χ0) is 11.8. The molecule has 0 fully saturated rings. The standard InChI is InChI=1S/C12H26OSi2/c1-7-11(5)14(9-3)13-15(10-4)12(6)8-2/h9-12,14-15H,3-4,7-8H2,1-2,5-6H3. The fourth-order valence-electron chi connectivity index (χ4n) is 1.49. The molecule has 0 radical (unpaired) electrons. The van der Waals surface area contributed by atoms with Crippen LogP contribution in [0, 0.1) is 0 Å². The van der Waals surface area contributed by atoms with E-state index in [-0.39, 0.29) is 0 Å². The van der Waals surface area contributed by atoms with Crippen molar-refractivity contribution in [1.29, 1.82) is 0 Å².